The summed E-state index contributed by atoms with van der Waals surface area (Å²) in [5, 5.41) is 0. The standard InChI is InChI=1S/C21H25NO6S/c1-22(12-14-6-8-16(29-5)9-7-14)19(23)13-28-21(24)15-10-17(25-2)20(27-4)18(11-15)26-3/h6-11H,12-13H2,1-5H3. The first-order chi connectivity index (χ1) is 13.9. The number of thioether (sulfide) groups is 1. The lowest BCUT2D eigenvalue weighted by Crippen LogP contribution is -2.30. The summed E-state index contributed by atoms with van der Waals surface area (Å²) < 4.78 is 20.9. The lowest BCUT2D eigenvalue weighted by atomic mass is 10.2. The first-order valence-corrected chi connectivity index (χ1v) is 10.00. The van der Waals surface area contributed by atoms with E-state index in [0.717, 1.165) is 10.5 Å². The van der Waals surface area contributed by atoms with E-state index in [-0.39, 0.29) is 18.1 Å². The molecule has 1 amide bonds. The molecule has 0 aliphatic carbocycles. The number of hydrogen-bond acceptors (Lipinski definition) is 7. The zero-order valence-corrected chi connectivity index (χ0v) is 18.0. The average molecular weight is 419 g/mol. The smallest absolute Gasteiger partial charge is 0.338 e. The monoisotopic (exact) mass is 419 g/mol. The van der Waals surface area contributed by atoms with Crippen molar-refractivity contribution in [1.82, 2.24) is 4.90 Å². The maximum absolute atomic E-state index is 12.4. The van der Waals surface area contributed by atoms with E-state index in [4.69, 9.17) is 18.9 Å². The van der Waals surface area contributed by atoms with Crippen LogP contribution >= 0.6 is 11.8 Å². The highest BCUT2D eigenvalue weighted by molar-refractivity contribution is 7.98. The average Bonchev–Trinajstić information content (AvgIpc) is 2.76. The number of rotatable bonds is 9. The van der Waals surface area contributed by atoms with Crippen LogP contribution in [-0.2, 0) is 16.1 Å². The summed E-state index contributed by atoms with van der Waals surface area (Å²) in [5.41, 5.74) is 1.19. The topological polar surface area (TPSA) is 74.3 Å². The number of ether oxygens (including phenoxy) is 4. The number of nitrogens with zero attached hydrogens (tertiary/aromatic N) is 1. The van der Waals surface area contributed by atoms with E-state index < -0.39 is 5.97 Å². The Balaban J connectivity index is 1.99. The van der Waals surface area contributed by atoms with Crippen LogP contribution in [0.15, 0.2) is 41.3 Å². The van der Waals surface area contributed by atoms with Gasteiger partial charge in [-0.15, -0.1) is 11.8 Å². The van der Waals surface area contributed by atoms with Crippen molar-refractivity contribution in [2.45, 2.75) is 11.4 Å². The molecule has 0 unspecified atom stereocenters. The van der Waals surface area contributed by atoms with Crippen molar-refractivity contribution in [3.63, 3.8) is 0 Å². The van der Waals surface area contributed by atoms with Gasteiger partial charge in [0.25, 0.3) is 5.91 Å². The second-order valence-corrected chi connectivity index (χ2v) is 6.97. The molecule has 0 fully saturated rings. The van der Waals surface area contributed by atoms with Crippen molar-refractivity contribution in [2.24, 2.45) is 0 Å². The Morgan fingerprint density at radius 1 is 0.966 bits per heavy atom. The van der Waals surface area contributed by atoms with E-state index in [9.17, 15) is 9.59 Å². The van der Waals surface area contributed by atoms with Crippen molar-refractivity contribution in [3.05, 3.63) is 47.5 Å². The minimum atomic E-state index is -0.657. The first kappa shape index (κ1) is 22.4. The molecule has 29 heavy (non-hydrogen) atoms. The highest BCUT2D eigenvalue weighted by atomic mass is 32.2. The predicted octanol–water partition coefficient (Wildman–Crippen LogP) is 3.25. The van der Waals surface area contributed by atoms with Crippen LogP contribution in [0.5, 0.6) is 17.2 Å². The molecule has 0 atom stereocenters. The number of carbonyl (C=O) groups is 2. The Bertz CT molecular complexity index is 828. The summed E-state index contributed by atoms with van der Waals surface area (Å²) in [6.45, 7) is 0.0596. The molecule has 0 saturated carbocycles. The molecular formula is C21H25NO6S. The van der Waals surface area contributed by atoms with Crippen molar-refractivity contribution in [1.29, 1.82) is 0 Å². The van der Waals surface area contributed by atoms with Gasteiger partial charge in [0, 0.05) is 18.5 Å². The minimum Gasteiger partial charge on any atom is -0.493 e. The predicted molar refractivity (Wildman–Crippen MR) is 111 cm³/mol. The van der Waals surface area contributed by atoms with E-state index in [1.54, 1.807) is 18.8 Å². The molecule has 156 valence electrons. The molecule has 0 aliphatic rings. The van der Waals surface area contributed by atoms with Gasteiger partial charge >= 0.3 is 5.97 Å². The summed E-state index contributed by atoms with van der Waals surface area (Å²) in [4.78, 5) is 27.4. The lowest BCUT2D eigenvalue weighted by molar-refractivity contribution is -0.133. The molecule has 0 saturated heterocycles. The van der Waals surface area contributed by atoms with Crippen LogP contribution in [0.4, 0.5) is 0 Å². The van der Waals surface area contributed by atoms with E-state index in [2.05, 4.69) is 0 Å². The Morgan fingerprint density at radius 2 is 1.55 bits per heavy atom. The fraction of sp³-hybridized carbons (Fsp3) is 0.333. The highest BCUT2D eigenvalue weighted by Crippen LogP contribution is 2.38. The molecule has 0 spiro atoms. The highest BCUT2D eigenvalue weighted by Gasteiger charge is 2.19. The number of esters is 1. The molecule has 0 heterocycles. The molecule has 0 N–H and O–H groups in total. The van der Waals surface area contributed by atoms with E-state index in [1.165, 1.54) is 38.4 Å². The summed E-state index contributed by atoms with van der Waals surface area (Å²) in [5.74, 6) is 0.0665. The van der Waals surface area contributed by atoms with Crippen LogP contribution in [0.3, 0.4) is 0 Å². The third kappa shape index (κ3) is 5.80. The molecule has 7 nitrogen and oxygen atoms in total. The Labute approximate surface area is 174 Å². The SMILES string of the molecule is COc1cc(C(=O)OCC(=O)N(C)Cc2ccc(SC)cc2)cc(OC)c1OC. The summed E-state index contributed by atoms with van der Waals surface area (Å²) >= 11 is 1.66. The Hall–Kier alpha value is -2.87. The summed E-state index contributed by atoms with van der Waals surface area (Å²) in [6, 6.07) is 10.9. The number of hydrogen-bond donors (Lipinski definition) is 0. The minimum absolute atomic E-state index is 0.197. The largest absolute Gasteiger partial charge is 0.493 e. The molecular weight excluding hydrogens is 394 g/mol. The van der Waals surface area contributed by atoms with Gasteiger partial charge in [-0.25, -0.2) is 4.79 Å². The number of likely N-dealkylation sites (N-methyl/N-ethyl adjacent to an activating group) is 1. The van der Waals surface area contributed by atoms with E-state index >= 15 is 0 Å². The van der Waals surface area contributed by atoms with Gasteiger partial charge in [0.05, 0.1) is 26.9 Å². The van der Waals surface area contributed by atoms with Gasteiger partial charge in [-0.2, -0.15) is 0 Å². The van der Waals surface area contributed by atoms with Gasteiger partial charge in [-0.1, -0.05) is 12.1 Å². The van der Waals surface area contributed by atoms with Gasteiger partial charge in [0.15, 0.2) is 18.1 Å². The quantitative estimate of drug-likeness (QED) is 0.456. The third-order valence-corrected chi connectivity index (χ3v) is 4.98. The van der Waals surface area contributed by atoms with E-state index in [1.807, 2.05) is 30.5 Å². The first-order valence-electron chi connectivity index (χ1n) is 8.77. The zero-order chi connectivity index (χ0) is 21.4. The Morgan fingerprint density at radius 3 is 2.03 bits per heavy atom. The van der Waals surface area contributed by atoms with Crippen molar-refractivity contribution < 1.29 is 28.5 Å². The molecule has 0 aliphatic heterocycles. The molecule has 2 aromatic carbocycles. The Kier molecular flexibility index (Phi) is 8.21. The molecule has 0 radical (unpaired) electrons. The van der Waals surface area contributed by atoms with Crippen LogP contribution in [0.2, 0.25) is 0 Å². The van der Waals surface area contributed by atoms with Gasteiger partial charge < -0.3 is 23.8 Å². The number of carbonyl (C=O) groups excluding carboxylic acids is 2. The third-order valence-electron chi connectivity index (χ3n) is 4.23. The second-order valence-electron chi connectivity index (χ2n) is 6.09. The zero-order valence-electron chi connectivity index (χ0n) is 17.2. The second kappa shape index (κ2) is 10.6. The molecule has 2 aromatic rings. The fourth-order valence-electron chi connectivity index (χ4n) is 2.61. The maximum Gasteiger partial charge on any atom is 0.338 e. The molecule has 0 aromatic heterocycles. The summed E-state index contributed by atoms with van der Waals surface area (Å²) in [6.07, 6.45) is 2.01. The van der Waals surface area contributed by atoms with E-state index in [0.29, 0.717) is 23.8 Å². The number of benzene rings is 2. The van der Waals surface area contributed by atoms with Crippen LogP contribution in [0.25, 0.3) is 0 Å². The molecule has 8 heteroatoms. The van der Waals surface area contributed by atoms with Gasteiger partial charge in [0.2, 0.25) is 5.75 Å². The van der Waals surface area contributed by atoms with Crippen molar-refractivity contribution in [2.75, 3.05) is 41.2 Å². The van der Waals surface area contributed by atoms with Gasteiger partial charge in [0.1, 0.15) is 0 Å². The molecule has 0 bridgehead atoms. The van der Waals surface area contributed by atoms with Crippen molar-refractivity contribution >= 4 is 23.6 Å². The van der Waals surface area contributed by atoms with Crippen molar-refractivity contribution in [3.8, 4) is 17.2 Å². The van der Waals surface area contributed by atoms with Gasteiger partial charge in [-0.3, -0.25) is 4.79 Å². The molecule has 2 rings (SSSR count). The normalized spacial score (nSPS) is 10.2. The summed E-state index contributed by atoms with van der Waals surface area (Å²) in [7, 11) is 6.05. The van der Waals surface area contributed by atoms with Crippen LogP contribution in [0, 0.1) is 0 Å². The van der Waals surface area contributed by atoms with Crippen LogP contribution in [-0.4, -0.2) is 58.0 Å². The maximum atomic E-state index is 12.4. The van der Waals surface area contributed by atoms with Crippen LogP contribution in [0.1, 0.15) is 15.9 Å². The lowest BCUT2D eigenvalue weighted by Gasteiger charge is -2.18. The van der Waals surface area contributed by atoms with Gasteiger partial charge in [-0.05, 0) is 36.1 Å². The van der Waals surface area contributed by atoms with Crippen LogP contribution < -0.4 is 14.2 Å². The number of amides is 1. The fourth-order valence-corrected chi connectivity index (χ4v) is 3.02. The number of methoxy groups -OCH3 is 3.